The highest BCUT2D eigenvalue weighted by Crippen LogP contribution is 2.19. The van der Waals surface area contributed by atoms with Crippen molar-refractivity contribution < 1.29 is 4.52 Å². The van der Waals surface area contributed by atoms with Crippen LogP contribution < -0.4 is 10.6 Å². The van der Waals surface area contributed by atoms with Crippen molar-refractivity contribution >= 4 is 5.96 Å². The Morgan fingerprint density at radius 2 is 2.12 bits per heavy atom. The molecule has 7 heteroatoms. The lowest BCUT2D eigenvalue weighted by Crippen LogP contribution is -2.48. The SMILES string of the molecule is C=CCN1CCC(NC(=NCc2noc(C(C)(C)C)n2)NCC)CC1. The van der Waals surface area contributed by atoms with Crippen LogP contribution >= 0.6 is 0 Å². The Morgan fingerprint density at radius 1 is 1.40 bits per heavy atom. The number of hydrogen-bond acceptors (Lipinski definition) is 5. The Kier molecular flexibility index (Phi) is 6.99. The number of rotatable bonds is 6. The van der Waals surface area contributed by atoms with Gasteiger partial charge in [0.25, 0.3) is 0 Å². The van der Waals surface area contributed by atoms with Gasteiger partial charge in [-0.2, -0.15) is 4.98 Å². The van der Waals surface area contributed by atoms with Gasteiger partial charge in [0.15, 0.2) is 11.8 Å². The van der Waals surface area contributed by atoms with Crippen molar-refractivity contribution in [3.05, 3.63) is 24.4 Å². The van der Waals surface area contributed by atoms with Gasteiger partial charge in [-0.1, -0.05) is 32.0 Å². The predicted octanol–water partition coefficient (Wildman–Crippen LogP) is 2.07. The van der Waals surface area contributed by atoms with Gasteiger partial charge in [0.2, 0.25) is 5.89 Å². The van der Waals surface area contributed by atoms with Crippen molar-refractivity contribution in [2.75, 3.05) is 26.2 Å². The van der Waals surface area contributed by atoms with Gasteiger partial charge >= 0.3 is 0 Å². The lowest BCUT2D eigenvalue weighted by atomic mass is 9.97. The van der Waals surface area contributed by atoms with Crippen LogP contribution in [0.1, 0.15) is 52.3 Å². The van der Waals surface area contributed by atoms with E-state index in [0.29, 0.717) is 24.3 Å². The van der Waals surface area contributed by atoms with Gasteiger partial charge in [0.1, 0.15) is 6.54 Å². The third kappa shape index (κ3) is 6.16. The summed E-state index contributed by atoms with van der Waals surface area (Å²) in [4.78, 5) is 11.5. The smallest absolute Gasteiger partial charge is 0.232 e. The molecule has 1 aliphatic heterocycles. The Balaban J connectivity index is 1.90. The molecule has 1 aliphatic rings. The van der Waals surface area contributed by atoms with Crippen LogP contribution in [0.2, 0.25) is 0 Å². The number of hydrogen-bond donors (Lipinski definition) is 2. The van der Waals surface area contributed by atoms with Gasteiger partial charge in [-0.05, 0) is 19.8 Å². The number of likely N-dealkylation sites (tertiary alicyclic amines) is 1. The topological polar surface area (TPSA) is 78.6 Å². The first-order valence-corrected chi connectivity index (χ1v) is 9.13. The molecule has 0 spiro atoms. The molecular formula is C18H32N6O. The fraction of sp³-hybridized carbons (Fsp3) is 0.722. The van der Waals surface area contributed by atoms with Crippen molar-refractivity contribution in [2.45, 2.75) is 58.5 Å². The monoisotopic (exact) mass is 348 g/mol. The molecule has 1 aromatic heterocycles. The van der Waals surface area contributed by atoms with Crippen LogP contribution in [0.15, 0.2) is 22.2 Å². The van der Waals surface area contributed by atoms with Crippen molar-refractivity contribution in [1.82, 2.24) is 25.7 Å². The van der Waals surface area contributed by atoms with Gasteiger partial charge in [0, 0.05) is 37.6 Å². The summed E-state index contributed by atoms with van der Waals surface area (Å²) in [7, 11) is 0. The van der Waals surface area contributed by atoms with E-state index < -0.39 is 0 Å². The molecular weight excluding hydrogens is 316 g/mol. The van der Waals surface area contributed by atoms with Gasteiger partial charge in [-0.3, -0.25) is 4.90 Å². The summed E-state index contributed by atoms with van der Waals surface area (Å²) in [5.41, 5.74) is -0.142. The molecule has 0 aliphatic carbocycles. The van der Waals surface area contributed by atoms with Crippen LogP contribution in [-0.4, -0.2) is 53.2 Å². The van der Waals surface area contributed by atoms with E-state index in [1.54, 1.807) is 0 Å². The fourth-order valence-corrected chi connectivity index (χ4v) is 2.73. The highest BCUT2D eigenvalue weighted by molar-refractivity contribution is 5.80. The summed E-state index contributed by atoms with van der Waals surface area (Å²) < 4.78 is 5.32. The number of aromatic nitrogens is 2. The van der Waals surface area contributed by atoms with E-state index in [0.717, 1.165) is 45.0 Å². The van der Waals surface area contributed by atoms with E-state index in [2.05, 4.69) is 64.9 Å². The van der Waals surface area contributed by atoms with E-state index in [9.17, 15) is 0 Å². The van der Waals surface area contributed by atoms with Gasteiger partial charge in [-0.15, -0.1) is 6.58 Å². The molecule has 25 heavy (non-hydrogen) atoms. The molecule has 0 atom stereocenters. The van der Waals surface area contributed by atoms with Gasteiger partial charge in [-0.25, -0.2) is 4.99 Å². The van der Waals surface area contributed by atoms with Crippen LogP contribution in [0.3, 0.4) is 0 Å². The molecule has 140 valence electrons. The van der Waals surface area contributed by atoms with Crippen molar-refractivity contribution in [1.29, 1.82) is 0 Å². The number of piperidine rings is 1. The minimum Gasteiger partial charge on any atom is -0.357 e. The summed E-state index contributed by atoms with van der Waals surface area (Å²) in [5, 5.41) is 10.9. The third-order valence-corrected chi connectivity index (χ3v) is 4.15. The van der Waals surface area contributed by atoms with Crippen LogP contribution in [0.25, 0.3) is 0 Å². The quantitative estimate of drug-likeness (QED) is 0.465. The maximum absolute atomic E-state index is 5.32. The molecule has 0 unspecified atom stereocenters. The maximum atomic E-state index is 5.32. The Bertz CT molecular complexity index is 566. The first-order chi connectivity index (χ1) is 11.9. The van der Waals surface area contributed by atoms with E-state index in [4.69, 9.17) is 4.52 Å². The second kappa shape index (κ2) is 8.99. The molecule has 2 heterocycles. The zero-order valence-corrected chi connectivity index (χ0v) is 16.0. The maximum Gasteiger partial charge on any atom is 0.232 e. The molecule has 0 aromatic carbocycles. The fourth-order valence-electron chi connectivity index (χ4n) is 2.73. The zero-order valence-electron chi connectivity index (χ0n) is 16.0. The second-order valence-electron chi connectivity index (χ2n) is 7.47. The van der Waals surface area contributed by atoms with Gasteiger partial charge in [0.05, 0.1) is 0 Å². The largest absolute Gasteiger partial charge is 0.357 e. The van der Waals surface area contributed by atoms with Crippen molar-refractivity contribution in [3.8, 4) is 0 Å². The predicted molar refractivity (Wildman–Crippen MR) is 101 cm³/mol. The number of aliphatic imine (C=N–C) groups is 1. The average Bonchev–Trinajstić information content (AvgIpc) is 3.04. The second-order valence-corrected chi connectivity index (χ2v) is 7.47. The highest BCUT2D eigenvalue weighted by atomic mass is 16.5. The normalized spacial score (nSPS) is 17.5. The van der Waals surface area contributed by atoms with E-state index in [1.165, 1.54) is 0 Å². The van der Waals surface area contributed by atoms with E-state index in [-0.39, 0.29) is 5.41 Å². The summed E-state index contributed by atoms with van der Waals surface area (Å²) in [6.07, 6.45) is 4.18. The first kappa shape index (κ1) is 19.4. The van der Waals surface area contributed by atoms with E-state index in [1.807, 2.05) is 6.08 Å². The zero-order chi connectivity index (χ0) is 18.3. The molecule has 1 saturated heterocycles. The molecule has 1 fully saturated rings. The summed E-state index contributed by atoms with van der Waals surface area (Å²) in [5.74, 6) is 2.07. The standard InChI is InChI=1S/C18H32N6O/c1-6-10-24-11-8-14(9-12-24)21-17(19-7-2)20-13-15-22-16(25-23-15)18(3,4)5/h6,14H,1,7-13H2,2-5H3,(H2,19,20,21). The molecule has 0 radical (unpaired) electrons. The molecule has 2 rings (SSSR count). The summed E-state index contributed by atoms with van der Waals surface area (Å²) in [6.45, 7) is 16.4. The third-order valence-electron chi connectivity index (χ3n) is 4.15. The number of nitrogens with zero attached hydrogens (tertiary/aromatic N) is 4. The van der Waals surface area contributed by atoms with E-state index >= 15 is 0 Å². The molecule has 0 saturated carbocycles. The summed E-state index contributed by atoms with van der Waals surface area (Å²) in [6, 6.07) is 0.439. The highest BCUT2D eigenvalue weighted by Gasteiger charge is 2.22. The lowest BCUT2D eigenvalue weighted by molar-refractivity contribution is 0.225. The van der Waals surface area contributed by atoms with Gasteiger partial charge < -0.3 is 15.2 Å². The summed E-state index contributed by atoms with van der Waals surface area (Å²) >= 11 is 0. The molecule has 7 nitrogen and oxygen atoms in total. The molecule has 1 aromatic rings. The minimum atomic E-state index is -0.142. The first-order valence-electron chi connectivity index (χ1n) is 9.13. The Labute approximate surface area is 151 Å². The van der Waals surface area contributed by atoms with Crippen LogP contribution in [-0.2, 0) is 12.0 Å². The Morgan fingerprint density at radius 3 is 2.68 bits per heavy atom. The minimum absolute atomic E-state index is 0.142. The van der Waals surface area contributed by atoms with Crippen molar-refractivity contribution in [3.63, 3.8) is 0 Å². The van der Waals surface area contributed by atoms with Crippen LogP contribution in [0.4, 0.5) is 0 Å². The number of guanidine groups is 1. The Hall–Kier alpha value is -1.89. The molecule has 0 amide bonds. The van der Waals surface area contributed by atoms with Crippen LogP contribution in [0.5, 0.6) is 0 Å². The average molecular weight is 348 g/mol. The lowest BCUT2D eigenvalue weighted by Gasteiger charge is -2.32. The van der Waals surface area contributed by atoms with Crippen molar-refractivity contribution in [2.24, 2.45) is 4.99 Å². The number of nitrogens with one attached hydrogen (secondary N) is 2. The molecule has 2 N–H and O–H groups in total. The van der Waals surface area contributed by atoms with Crippen LogP contribution in [0, 0.1) is 0 Å². The molecule has 0 bridgehead atoms.